The molecule has 2 heterocycles. The molecule has 0 aromatic carbocycles. The Labute approximate surface area is 142 Å². The van der Waals surface area contributed by atoms with Gasteiger partial charge in [-0.3, -0.25) is 4.79 Å². The van der Waals surface area contributed by atoms with Crippen molar-refractivity contribution in [3.05, 3.63) is 23.7 Å². The second kappa shape index (κ2) is 6.87. The van der Waals surface area contributed by atoms with E-state index < -0.39 is 0 Å². The number of urea groups is 1. The van der Waals surface area contributed by atoms with E-state index in [1.54, 1.807) is 0 Å². The number of hydrogen-bond acceptors (Lipinski definition) is 3. The molecule has 0 radical (unpaired) electrons. The molecular formula is C18H27N3O3. The Morgan fingerprint density at radius 3 is 2.88 bits per heavy atom. The van der Waals surface area contributed by atoms with Gasteiger partial charge in [0.15, 0.2) is 0 Å². The first kappa shape index (κ1) is 16.9. The van der Waals surface area contributed by atoms with Gasteiger partial charge < -0.3 is 20.4 Å². The van der Waals surface area contributed by atoms with Crippen LogP contribution in [0.15, 0.2) is 16.5 Å². The molecule has 3 rings (SSSR count). The van der Waals surface area contributed by atoms with Crippen LogP contribution < -0.4 is 16.0 Å². The lowest BCUT2D eigenvalue weighted by Gasteiger charge is -2.50. The fourth-order valence-electron chi connectivity index (χ4n) is 3.69. The normalized spacial score (nSPS) is 23.2. The summed E-state index contributed by atoms with van der Waals surface area (Å²) in [6.45, 7) is 3.93. The lowest BCUT2D eigenvalue weighted by Crippen LogP contribution is -2.69. The highest BCUT2D eigenvalue weighted by atomic mass is 16.3. The van der Waals surface area contributed by atoms with Crippen LogP contribution in [0.5, 0.6) is 0 Å². The monoisotopic (exact) mass is 333 g/mol. The molecule has 24 heavy (non-hydrogen) atoms. The van der Waals surface area contributed by atoms with E-state index in [0.717, 1.165) is 50.0 Å². The van der Waals surface area contributed by atoms with E-state index in [9.17, 15) is 9.59 Å². The van der Waals surface area contributed by atoms with Crippen molar-refractivity contribution >= 4 is 11.9 Å². The molecule has 0 unspecified atom stereocenters. The smallest absolute Gasteiger partial charge is 0.315 e. The minimum Gasteiger partial charge on any atom is -0.466 e. The number of rotatable bonds is 5. The van der Waals surface area contributed by atoms with Gasteiger partial charge >= 0.3 is 6.03 Å². The first-order chi connectivity index (χ1) is 11.5. The van der Waals surface area contributed by atoms with Crippen molar-refractivity contribution in [2.75, 3.05) is 0 Å². The van der Waals surface area contributed by atoms with Crippen molar-refractivity contribution in [2.24, 2.45) is 0 Å². The summed E-state index contributed by atoms with van der Waals surface area (Å²) in [5.41, 5.74) is -0.207. The lowest BCUT2D eigenvalue weighted by atomic mass is 9.68. The Morgan fingerprint density at radius 2 is 2.25 bits per heavy atom. The van der Waals surface area contributed by atoms with Gasteiger partial charge in [-0.05, 0) is 58.1 Å². The zero-order valence-electron chi connectivity index (χ0n) is 14.5. The topological polar surface area (TPSA) is 83.4 Å². The molecule has 6 heteroatoms. The number of furan rings is 1. The average molecular weight is 333 g/mol. The zero-order chi connectivity index (χ0) is 17.2. The van der Waals surface area contributed by atoms with Gasteiger partial charge in [-0.1, -0.05) is 0 Å². The van der Waals surface area contributed by atoms with Crippen LogP contribution in [0.4, 0.5) is 4.79 Å². The number of hydrogen-bond donors (Lipinski definition) is 3. The minimum absolute atomic E-state index is 0.0314. The molecule has 2 fully saturated rings. The van der Waals surface area contributed by atoms with E-state index in [4.69, 9.17) is 4.42 Å². The molecule has 1 saturated heterocycles. The summed E-state index contributed by atoms with van der Waals surface area (Å²) in [6.07, 6.45) is 5.86. The summed E-state index contributed by atoms with van der Waals surface area (Å²) in [6, 6.07) is 3.88. The Kier molecular flexibility index (Phi) is 4.83. The summed E-state index contributed by atoms with van der Waals surface area (Å²) >= 11 is 0. The second-order valence-corrected chi connectivity index (χ2v) is 7.22. The number of aryl methyl sites for hydroxylation is 2. The Balaban J connectivity index is 1.45. The largest absolute Gasteiger partial charge is 0.466 e. The molecule has 0 bridgehead atoms. The van der Waals surface area contributed by atoms with Gasteiger partial charge in [0.05, 0.1) is 11.6 Å². The van der Waals surface area contributed by atoms with Crippen LogP contribution in [0.2, 0.25) is 0 Å². The van der Waals surface area contributed by atoms with Crippen LogP contribution in [0, 0.1) is 6.92 Å². The minimum atomic E-state index is -0.207. The van der Waals surface area contributed by atoms with Crippen LogP contribution in [0.25, 0.3) is 0 Å². The van der Waals surface area contributed by atoms with E-state index in [-0.39, 0.29) is 29.6 Å². The first-order valence-corrected chi connectivity index (χ1v) is 8.90. The third-order valence-electron chi connectivity index (χ3n) is 5.26. The van der Waals surface area contributed by atoms with E-state index >= 15 is 0 Å². The number of piperidine rings is 1. The van der Waals surface area contributed by atoms with Gasteiger partial charge in [0, 0.05) is 18.9 Å². The van der Waals surface area contributed by atoms with Gasteiger partial charge in [0.2, 0.25) is 5.91 Å². The highest BCUT2D eigenvalue weighted by molar-refractivity contribution is 5.80. The molecule has 1 saturated carbocycles. The van der Waals surface area contributed by atoms with Crippen molar-refractivity contribution < 1.29 is 14.0 Å². The highest BCUT2D eigenvalue weighted by Gasteiger charge is 2.48. The van der Waals surface area contributed by atoms with E-state index in [1.807, 2.05) is 26.0 Å². The summed E-state index contributed by atoms with van der Waals surface area (Å²) in [5, 5.41) is 9.17. The Hall–Kier alpha value is -1.98. The molecule has 1 aliphatic carbocycles. The molecule has 1 aromatic heterocycles. The molecule has 3 amide bonds. The first-order valence-electron chi connectivity index (χ1n) is 8.90. The summed E-state index contributed by atoms with van der Waals surface area (Å²) in [5.74, 6) is 1.97. The van der Waals surface area contributed by atoms with E-state index in [0.29, 0.717) is 6.42 Å². The van der Waals surface area contributed by atoms with E-state index in [2.05, 4.69) is 16.0 Å². The molecule has 132 valence electrons. The van der Waals surface area contributed by atoms with Crippen molar-refractivity contribution in [1.82, 2.24) is 16.0 Å². The standard InChI is InChI=1S/C18H27N3O3/c1-12(4-6-14-7-5-13(2)24-14)19-17(23)20-15-8-9-16(22)21-18(15)10-3-11-18/h5,7,12,15H,3-4,6,8-11H2,1-2H3,(H,21,22)(H2,19,20,23)/t12-,15-/m1/s1. The third kappa shape index (κ3) is 3.74. The predicted molar refractivity (Wildman–Crippen MR) is 90.6 cm³/mol. The second-order valence-electron chi connectivity index (χ2n) is 7.22. The van der Waals surface area contributed by atoms with E-state index in [1.165, 1.54) is 0 Å². The predicted octanol–water partition coefficient (Wildman–Crippen LogP) is 2.41. The molecule has 1 aliphatic heterocycles. The highest BCUT2D eigenvalue weighted by Crippen LogP contribution is 2.38. The van der Waals surface area contributed by atoms with Crippen molar-refractivity contribution in [3.8, 4) is 0 Å². The summed E-state index contributed by atoms with van der Waals surface area (Å²) in [7, 11) is 0. The Morgan fingerprint density at radius 1 is 1.46 bits per heavy atom. The van der Waals surface area contributed by atoms with Gasteiger partial charge in [-0.15, -0.1) is 0 Å². The van der Waals surface area contributed by atoms with Gasteiger partial charge in [-0.2, -0.15) is 0 Å². The number of carbonyl (C=O) groups excluding carboxylic acids is 2. The lowest BCUT2D eigenvalue weighted by molar-refractivity contribution is -0.127. The molecule has 1 aromatic rings. The summed E-state index contributed by atoms with van der Waals surface area (Å²) < 4.78 is 5.55. The maximum Gasteiger partial charge on any atom is 0.315 e. The van der Waals surface area contributed by atoms with Gasteiger partial charge in [0.1, 0.15) is 11.5 Å². The number of nitrogens with one attached hydrogen (secondary N) is 3. The molecule has 6 nitrogen and oxygen atoms in total. The molecular weight excluding hydrogens is 306 g/mol. The molecule has 3 N–H and O–H groups in total. The number of carbonyl (C=O) groups is 2. The van der Waals surface area contributed by atoms with Gasteiger partial charge in [-0.25, -0.2) is 4.79 Å². The maximum absolute atomic E-state index is 12.3. The average Bonchev–Trinajstić information content (AvgIpc) is 2.91. The van der Waals surface area contributed by atoms with Crippen LogP contribution in [-0.2, 0) is 11.2 Å². The third-order valence-corrected chi connectivity index (χ3v) is 5.26. The maximum atomic E-state index is 12.3. The fourth-order valence-corrected chi connectivity index (χ4v) is 3.69. The molecule has 1 spiro atoms. The number of amides is 3. The molecule has 2 aliphatic rings. The van der Waals surface area contributed by atoms with Crippen LogP contribution in [0.3, 0.4) is 0 Å². The fraction of sp³-hybridized carbons (Fsp3) is 0.667. The zero-order valence-corrected chi connectivity index (χ0v) is 14.5. The van der Waals surface area contributed by atoms with Crippen molar-refractivity contribution in [1.29, 1.82) is 0 Å². The molecule has 2 atom stereocenters. The summed E-state index contributed by atoms with van der Waals surface area (Å²) in [4.78, 5) is 23.9. The van der Waals surface area contributed by atoms with Crippen LogP contribution >= 0.6 is 0 Å². The van der Waals surface area contributed by atoms with Crippen molar-refractivity contribution in [3.63, 3.8) is 0 Å². The van der Waals surface area contributed by atoms with Gasteiger partial charge in [0.25, 0.3) is 0 Å². The Bertz CT molecular complexity index is 606. The van der Waals surface area contributed by atoms with Crippen LogP contribution in [0.1, 0.15) is 57.0 Å². The van der Waals surface area contributed by atoms with Crippen LogP contribution in [-0.4, -0.2) is 29.6 Å². The van der Waals surface area contributed by atoms with Crippen molar-refractivity contribution in [2.45, 2.75) is 76.4 Å². The quantitative estimate of drug-likeness (QED) is 0.774. The SMILES string of the molecule is Cc1ccc(CC[C@@H](C)NC(=O)N[C@@H]2CCC(=O)NC23CCC3)o1.